The topological polar surface area (TPSA) is 69.6 Å². The lowest BCUT2D eigenvalue weighted by atomic mass is 10.1. The summed E-state index contributed by atoms with van der Waals surface area (Å²) in [6.45, 7) is 11.6. The van der Waals surface area contributed by atoms with Crippen molar-refractivity contribution in [1.29, 1.82) is 0 Å². The molecule has 2 aromatic rings. The molecule has 0 spiro atoms. The van der Waals surface area contributed by atoms with Gasteiger partial charge in [0.15, 0.2) is 5.82 Å². The van der Waals surface area contributed by atoms with Gasteiger partial charge < -0.3 is 14.7 Å². The van der Waals surface area contributed by atoms with Gasteiger partial charge in [0.2, 0.25) is 11.8 Å². The second kappa shape index (κ2) is 12.2. The van der Waals surface area contributed by atoms with E-state index >= 15 is 0 Å². The summed E-state index contributed by atoms with van der Waals surface area (Å²) in [5.41, 5.74) is 1.59. The molecular formula is C26H36ClN5O2. The number of halogens is 1. The Balaban J connectivity index is 1.61. The van der Waals surface area contributed by atoms with Gasteiger partial charge in [0.25, 0.3) is 0 Å². The van der Waals surface area contributed by atoms with Gasteiger partial charge in [-0.2, -0.15) is 0 Å². The van der Waals surface area contributed by atoms with Gasteiger partial charge in [-0.1, -0.05) is 57.5 Å². The summed E-state index contributed by atoms with van der Waals surface area (Å²) in [6.07, 6.45) is 1.73. The third-order valence-electron chi connectivity index (χ3n) is 6.08. The Kier molecular flexibility index (Phi) is 9.28. The van der Waals surface area contributed by atoms with E-state index in [1.807, 2.05) is 55.1 Å². The molecule has 0 radical (unpaired) electrons. The molecule has 1 aliphatic heterocycles. The second-order valence-corrected chi connectivity index (χ2v) is 9.98. The molecule has 0 aliphatic carbocycles. The Bertz CT molecular complexity index is 964. The van der Waals surface area contributed by atoms with Crippen molar-refractivity contribution in [3.05, 3.63) is 41.4 Å². The van der Waals surface area contributed by atoms with E-state index < -0.39 is 0 Å². The molecule has 0 saturated carbocycles. The summed E-state index contributed by atoms with van der Waals surface area (Å²) in [4.78, 5) is 31.5. The number of anilines is 1. The van der Waals surface area contributed by atoms with Gasteiger partial charge in [-0.25, -0.2) is 0 Å². The molecule has 0 atom stereocenters. The molecule has 1 fully saturated rings. The third kappa shape index (κ3) is 6.92. The highest BCUT2D eigenvalue weighted by Crippen LogP contribution is 2.26. The fourth-order valence-corrected chi connectivity index (χ4v) is 4.24. The summed E-state index contributed by atoms with van der Waals surface area (Å²) in [6, 6.07) is 11.5. The van der Waals surface area contributed by atoms with Crippen LogP contribution in [-0.4, -0.2) is 71.1 Å². The van der Waals surface area contributed by atoms with E-state index in [1.165, 1.54) is 0 Å². The van der Waals surface area contributed by atoms with E-state index in [0.29, 0.717) is 37.1 Å². The van der Waals surface area contributed by atoms with Gasteiger partial charge in [0.1, 0.15) is 0 Å². The minimum Gasteiger partial charge on any atom is -0.353 e. The van der Waals surface area contributed by atoms with Gasteiger partial charge in [0.05, 0.1) is 17.3 Å². The lowest BCUT2D eigenvalue weighted by molar-refractivity contribution is -0.142. The first-order valence-electron chi connectivity index (χ1n) is 12.2. The molecule has 2 amide bonds. The Labute approximate surface area is 208 Å². The molecule has 1 aromatic carbocycles. The quantitative estimate of drug-likeness (QED) is 0.555. The Morgan fingerprint density at radius 3 is 2.41 bits per heavy atom. The van der Waals surface area contributed by atoms with E-state index in [1.54, 1.807) is 4.90 Å². The van der Waals surface area contributed by atoms with Crippen LogP contribution in [0.3, 0.4) is 0 Å². The molecule has 0 bridgehead atoms. The van der Waals surface area contributed by atoms with Crippen molar-refractivity contribution in [2.24, 2.45) is 11.8 Å². The number of amides is 2. The van der Waals surface area contributed by atoms with Crippen molar-refractivity contribution in [2.45, 2.75) is 40.5 Å². The van der Waals surface area contributed by atoms with E-state index in [2.05, 4.69) is 28.9 Å². The molecule has 0 unspecified atom stereocenters. The summed E-state index contributed by atoms with van der Waals surface area (Å²) >= 11 is 6.28. The number of hydrogen-bond acceptors (Lipinski definition) is 5. The molecule has 1 aliphatic rings. The van der Waals surface area contributed by atoms with Crippen molar-refractivity contribution < 1.29 is 9.59 Å². The van der Waals surface area contributed by atoms with Crippen molar-refractivity contribution in [2.75, 3.05) is 44.2 Å². The highest BCUT2D eigenvalue weighted by molar-refractivity contribution is 6.33. The number of hydrogen-bond donors (Lipinski definition) is 0. The van der Waals surface area contributed by atoms with Crippen LogP contribution in [0.25, 0.3) is 11.3 Å². The summed E-state index contributed by atoms with van der Waals surface area (Å²) < 4.78 is 0. The van der Waals surface area contributed by atoms with E-state index in [4.69, 9.17) is 11.6 Å². The van der Waals surface area contributed by atoms with Gasteiger partial charge in [0, 0.05) is 44.2 Å². The largest absolute Gasteiger partial charge is 0.353 e. The Hall–Kier alpha value is -2.67. The summed E-state index contributed by atoms with van der Waals surface area (Å²) in [5, 5.41) is 9.45. The molecule has 3 rings (SSSR count). The SMILES string of the molecule is CC(C)CCN(CC(=O)N1CCCN(c2ccc(-c3ccccc3Cl)nn2)CC1)C(=O)C(C)C. The zero-order valence-electron chi connectivity index (χ0n) is 20.7. The second-order valence-electron chi connectivity index (χ2n) is 9.58. The highest BCUT2D eigenvalue weighted by atomic mass is 35.5. The highest BCUT2D eigenvalue weighted by Gasteiger charge is 2.25. The standard InChI is InChI=1S/C26H36ClN5O2/c1-19(2)12-15-32(26(34)20(3)4)18-25(33)31-14-7-13-30(16-17-31)24-11-10-23(28-29-24)21-8-5-6-9-22(21)27/h5-6,8-11,19-20H,7,12-18H2,1-4H3. The number of benzene rings is 1. The maximum absolute atomic E-state index is 13.1. The van der Waals surface area contributed by atoms with Crippen LogP contribution < -0.4 is 4.90 Å². The average Bonchev–Trinajstić information content (AvgIpc) is 3.08. The van der Waals surface area contributed by atoms with E-state index in [9.17, 15) is 9.59 Å². The molecule has 0 N–H and O–H groups in total. The first-order valence-corrected chi connectivity index (χ1v) is 12.5. The summed E-state index contributed by atoms with van der Waals surface area (Å²) in [5.74, 6) is 1.21. The Morgan fingerprint density at radius 2 is 1.76 bits per heavy atom. The number of carbonyl (C=O) groups excluding carboxylic acids is 2. The maximum atomic E-state index is 13.1. The van der Waals surface area contributed by atoms with Crippen molar-refractivity contribution in [3.8, 4) is 11.3 Å². The predicted octanol–water partition coefficient (Wildman–Crippen LogP) is 4.37. The molecule has 8 heteroatoms. The van der Waals surface area contributed by atoms with Crippen molar-refractivity contribution in [3.63, 3.8) is 0 Å². The number of carbonyl (C=O) groups is 2. The van der Waals surface area contributed by atoms with Crippen molar-refractivity contribution >= 4 is 29.2 Å². The van der Waals surface area contributed by atoms with Gasteiger partial charge in [-0.15, -0.1) is 10.2 Å². The fourth-order valence-electron chi connectivity index (χ4n) is 4.01. The number of aromatic nitrogens is 2. The zero-order valence-corrected chi connectivity index (χ0v) is 21.5. The van der Waals surface area contributed by atoms with Crippen molar-refractivity contribution in [1.82, 2.24) is 20.0 Å². The van der Waals surface area contributed by atoms with Crippen LogP contribution in [0.5, 0.6) is 0 Å². The predicted molar refractivity (Wildman–Crippen MR) is 137 cm³/mol. The first-order chi connectivity index (χ1) is 16.3. The Morgan fingerprint density at radius 1 is 1.00 bits per heavy atom. The van der Waals surface area contributed by atoms with Crippen LogP contribution in [0, 0.1) is 11.8 Å². The van der Waals surface area contributed by atoms with E-state index in [0.717, 1.165) is 36.5 Å². The maximum Gasteiger partial charge on any atom is 0.242 e. The van der Waals surface area contributed by atoms with Crippen LogP contribution in [0.2, 0.25) is 5.02 Å². The first kappa shape index (κ1) is 25.9. The molecule has 2 heterocycles. The molecule has 1 saturated heterocycles. The van der Waals surface area contributed by atoms with Crippen LogP contribution in [0.15, 0.2) is 36.4 Å². The minimum absolute atomic E-state index is 0.0137. The number of nitrogens with zero attached hydrogens (tertiary/aromatic N) is 5. The smallest absolute Gasteiger partial charge is 0.242 e. The lowest BCUT2D eigenvalue weighted by Crippen LogP contribution is -2.45. The van der Waals surface area contributed by atoms with Crippen LogP contribution in [0.4, 0.5) is 5.82 Å². The number of rotatable bonds is 8. The third-order valence-corrected chi connectivity index (χ3v) is 6.41. The molecule has 184 valence electrons. The van der Waals surface area contributed by atoms with Crippen LogP contribution >= 0.6 is 11.6 Å². The monoisotopic (exact) mass is 485 g/mol. The minimum atomic E-state index is -0.119. The zero-order chi connectivity index (χ0) is 24.7. The van der Waals surface area contributed by atoms with E-state index in [-0.39, 0.29) is 24.3 Å². The van der Waals surface area contributed by atoms with Gasteiger partial charge >= 0.3 is 0 Å². The average molecular weight is 486 g/mol. The van der Waals surface area contributed by atoms with Gasteiger partial charge in [-0.05, 0) is 37.0 Å². The van der Waals surface area contributed by atoms with Gasteiger partial charge in [-0.3, -0.25) is 9.59 Å². The fraction of sp³-hybridized carbons (Fsp3) is 0.538. The normalized spacial score (nSPS) is 14.4. The molecular weight excluding hydrogens is 450 g/mol. The van der Waals surface area contributed by atoms with Crippen LogP contribution in [-0.2, 0) is 9.59 Å². The molecule has 7 nitrogen and oxygen atoms in total. The molecule has 1 aromatic heterocycles. The van der Waals surface area contributed by atoms with Crippen LogP contribution in [0.1, 0.15) is 40.5 Å². The molecule has 34 heavy (non-hydrogen) atoms. The summed E-state index contributed by atoms with van der Waals surface area (Å²) in [7, 11) is 0. The lowest BCUT2D eigenvalue weighted by Gasteiger charge is -2.28.